The molecule has 0 amide bonds. The lowest BCUT2D eigenvalue weighted by molar-refractivity contribution is 0.408. The lowest BCUT2D eigenvalue weighted by Gasteiger charge is -2.18. The minimum Gasteiger partial charge on any atom is -0.0917 e. The third-order valence-electron chi connectivity index (χ3n) is 2.74. The summed E-state index contributed by atoms with van der Waals surface area (Å²) in [5.74, 6) is 0.815. The van der Waals surface area contributed by atoms with E-state index in [9.17, 15) is 0 Å². The average molecular weight is 222 g/mol. The van der Waals surface area contributed by atoms with Gasteiger partial charge in [-0.3, -0.25) is 0 Å². The molecule has 16 heavy (non-hydrogen) atoms. The van der Waals surface area contributed by atoms with E-state index >= 15 is 0 Å². The molecule has 1 atom stereocenters. The number of allylic oxidation sites excluding steroid dienone is 4. The predicted octanol–water partition coefficient (Wildman–Crippen LogP) is 5.75. The fourth-order valence-corrected chi connectivity index (χ4v) is 2.01. The topological polar surface area (TPSA) is 0 Å². The SMILES string of the molecule is CC=CCC(C)CCC=C(C)CC(C)(C)C. The van der Waals surface area contributed by atoms with E-state index in [4.69, 9.17) is 0 Å². The van der Waals surface area contributed by atoms with E-state index in [1.807, 2.05) is 0 Å². The Bertz CT molecular complexity index is 225. The van der Waals surface area contributed by atoms with Gasteiger partial charge in [-0.2, -0.15) is 0 Å². The first-order chi connectivity index (χ1) is 7.35. The van der Waals surface area contributed by atoms with E-state index < -0.39 is 0 Å². The Kier molecular flexibility index (Phi) is 7.45. The first-order valence-corrected chi connectivity index (χ1v) is 6.62. The highest BCUT2D eigenvalue weighted by Gasteiger charge is 2.10. The molecule has 0 radical (unpaired) electrons. The fourth-order valence-electron chi connectivity index (χ4n) is 2.01. The van der Waals surface area contributed by atoms with Gasteiger partial charge in [-0.1, -0.05) is 51.5 Å². The molecule has 0 heterocycles. The molecule has 0 rings (SSSR count). The van der Waals surface area contributed by atoms with Gasteiger partial charge in [-0.25, -0.2) is 0 Å². The molecule has 0 N–H and O–H groups in total. The molecule has 0 saturated carbocycles. The van der Waals surface area contributed by atoms with Gasteiger partial charge in [0.2, 0.25) is 0 Å². The Morgan fingerprint density at radius 1 is 1.25 bits per heavy atom. The second-order valence-corrected chi connectivity index (χ2v) is 6.28. The molecule has 94 valence electrons. The van der Waals surface area contributed by atoms with Crippen molar-refractivity contribution < 1.29 is 0 Å². The lowest BCUT2D eigenvalue weighted by Crippen LogP contribution is -2.04. The summed E-state index contributed by atoms with van der Waals surface area (Å²) in [5, 5.41) is 0. The molecule has 1 unspecified atom stereocenters. The van der Waals surface area contributed by atoms with Crippen molar-refractivity contribution in [2.24, 2.45) is 11.3 Å². The monoisotopic (exact) mass is 222 g/mol. The van der Waals surface area contributed by atoms with Crippen LogP contribution in [-0.4, -0.2) is 0 Å². The van der Waals surface area contributed by atoms with Crippen LogP contribution in [0.5, 0.6) is 0 Å². The van der Waals surface area contributed by atoms with Gasteiger partial charge < -0.3 is 0 Å². The van der Waals surface area contributed by atoms with Crippen LogP contribution < -0.4 is 0 Å². The molecule has 0 spiro atoms. The standard InChI is InChI=1S/C16H30/c1-7-8-10-14(2)11-9-12-15(3)13-16(4,5)6/h7-8,12,14H,9-11,13H2,1-6H3. The van der Waals surface area contributed by atoms with Gasteiger partial charge in [0.25, 0.3) is 0 Å². The van der Waals surface area contributed by atoms with Crippen molar-refractivity contribution in [1.82, 2.24) is 0 Å². The summed E-state index contributed by atoms with van der Waals surface area (Å²) in [6.07, 6.45) is 11.8. The van der Waals surface area contributed by atoms with E-state index in [1.165, 1.54) is 25.7 Å². The van der Waals surface area contributed by atoms with Crippen molar-refractivity contribution >= 4 is 0 Å². The third kappa shape index (κ3) is 10.0. The van der Waals surface area contributed by atoms with Crippen molar-refractivity contribution in [3.05, 3.63) is 23.8 Å². The quantitative estimate of drug-likeness (QED) is 0.502. The number of hydrogen-bond donors (Lipinski definition) is 0. The van der Waals surface area contributed by atoms with Crippen LogP contribution in [0.2, 0.25) is 0 Å². The normalized spacial score (nSPS) is 15.8. The number of rotatable bonds is 6. The summed E-state index contributed by atoms with van der Waals surface area (Å²) in [6.45, 7) is 13.6. The molecular weight excluding hydrogens is 192 g/mol. The van der Waals surface area contributed by atoms with Crippen LogP contribution in [-0.2, 0) is 0 Å². The van der Waals surface area contributed by atoms with Crippen molar-refractivity contribution in [2.75, 3.05) is 0 Å². The van der Waals surface area contributed by atoms with Crippen LogP contribution in [0.1, 0.15) is 67.2 Å². The van der Waals surface area contributed by atoms with Crippen molar-refractivity contribution in [3.63, 3.8) is 0 Å². The van der Waals surface area contributed by atoms with Crippen LogP contribution in [0.3, 0.4) is 0 Å². The summed E-state index contributed by atoms with van der Waals surface area (Å²) >= 11 is 0. The van der Waals surface area contributed by atoms with Crippen molar-refractivity contribution in [1.29, 1.82) is 0 Å². The van der Waals surface area contributed by atoms with Crippen LogP contribution in [0.4, 0.5) is 0 Å². The zero-order valence-electron chi connectivity index (χ0n) is 12.1. The molecular formula is C16H30. The van der Waals surface area contributed by atoms with Gasteiger partial charge in [0, 0.05) is 0 Å². The lowest BCUT2D eigenvalue weighted by atomic mass is 9.88. The largest absolute Gasteiger partial charge is 0.0917 e. The summed E-state index contributed by atoms with van der Waals surface area (Å²) in [6, 6.07) is 0. The molecule has 0 nitrogen and oxygen atoms in total. The second kappa shape index (κ2) is 7.70. The van der Waals surface area contributed by atoms with Gasteiger partial charge >= 0.3 is 0 Å². The minimum absolute atomic E-state index is 0.428. The highest BCUT2D eigenvalue weighted by atomic mass is 14.2. The maximum atomic E-state index is 2.43. The fraction of sp³-hybridized carbons (Fsp3) is 0.750. The van der Waals surface area contributed by atoms with Crippen LogP contribution in [0, 0.1) is 11.3 Å². The molecule has 0 bridgehead atoms. The molecule has 0 fully saturated rings. The van der Waals surface area contributed by atoms with E-state index in [0.29, 0.717) is 5.41 Å². The van der Waals surface area contributed by atoms with E-state index in [-0.39, 0.29) is 0 Å². The highest BCUT2D eigenvalue weighted by molar-refractivity contribution is 5.00. The Morgan fingerprint density at radius 2 is 1.88 bits per heavy atom. The van der Waals surface area contributed by atoms with Crippen molar-refractivity contribution in [3.8, 4) is 0 Å². The third-order valence-corrected chi connectivity index (χ3v) is 2.74. The Morgan fingerprint density at radius 3 is 2.38 bits per heavy atom. The summed E-state index contributed by atoms with van der Waals surface area (Å²) < 4.78 is 0. The molecule has 0 aromatic carbocycles. The van der Waals surface area contributed by atoms with Crippen LogP contribution >= 0.6 is 0 Å². The molecule has 0 aromatic rings. The average Bonchev–Trinajstić information content (AvgIpc) is 2.11. The molecule has 0 heteroatoms. The number of hydrogen-bond acceptors (Lipinski definition) is 0. The first kappa shape index (κ1) is 15.5. The molecule has 0 aliphatic heterocycles. The maximum absolute atomic E-state index is 2.43. The van der Waals surface area contributed by atoms with E-state index in [0.717, 1.165) is 5.92 Å². The van der Waals surface area contributed by atoms with Crippen molar-refractivity contribution in [2.45, 2.75) is 67.2 Å². The Labute approximate surface area is 103 Å². The Balaban J connectivity index is 3.82. The van der Waals surface area contributed by atoms with Crippen LogP contribution in [0.15, 0.2) is 23.8 Å². The minimum atomic E-state index is 0.428. The summed E-state index contributed by atoms with van der Waals surface area (Å²) in [4.78, 5) is 0. The smallest absolute Gasteiger partial charge is 0.0274 e. The van der Waals surface area contributed by atoms with Gasteiger partial charge in [0.05, 0.1) is 0 Å². The highest BCUT2D eigenvalue weighted by Crippen LogP contribution is 2.24. The van der Waals surface area contributed by atoms with Gasteiger partial charge in [0.1, 0.15) is 0 Å². The molecule has 0 saturated heterocycles. The van der Waals surface area contributed by atoms with Gasteiger partial charge in [-0.05, 0) is 50.9 Å². The zero-order valence-corrected chi connectivity index (χ0v) is 12.1. The van der Waals surface area contributed by atoms with Crippen LogP contribution in [0.25, 0.3) is 0 Å². The molecule has 0 aromatic heterocycles. The summed E-state index contributed by atoms with van der Waals surface area (Å²) in [5.41, 5.74) is 1.97. The maximum Gasteiger partial charge on any atom is -0.0274 e. The predicted molar refractivity (Wildman–Crippen MR) is 75.7 cm³/mol. The first-order valence-electron chi connectivity index (χ1n) is 6.62. The molecule has 0 aliphatic rings. The second-order valence-electron chi connectivity index (χ2n) is 6.28. The van der Waals surface area contributed by atoms with E-state index in [1.54, 1.807) is 5.57 Å². The van der Waals surface area contributed by atoms with Gasteiger partial charge in [-0.15, -0.1) is 0 Å². The van der Waals surface area contributed by atoms with E-state index in [2.05, 4.69) is 59.8 Å². The molecule has 0 aliphatic carbocycles. The van der Waals surface area contributed by atoms with Gasteiger partial charge in [0.15, 0.2) is 0 Å². The zero-order chi connectivity index (χ0) is 12.6. The summed E-state index contributed by atoms with van der Waals surface area (Å²) in [7, 11) is 0. The Hall–Kier alpha value is -0.520.